The number of rotatable bonds is 5. The Morgan fingerprint density at radius 1 is 1.29 bits per heavy atom. The van der Waals surface area contributed by atoms with Gasteiger partial charge in [0.05, 0.1) is 12.4 Å². The minimum absolute atomic E-state index is 0.185. The largest absolute Gasteiger partial charge is 0.497 e. The topological polar surface area (TPSA) is 96.4 Å². The Balaban J connectivity index is 2.00. The van der Waals surface area contributed by atoms with Crippen LogP contribution in [-0.4, -0.2) is 24.2 Å². The van der Waals surface area contributed by atoms with Crippen LogP contribution in [0, 0.1) is 18.3 Å². The summed E-state index contributed by atoms with van der Waals surface area (Å²) in [6.45, 7) is 1.91. The second kappa shape index (κ2) is 8.19. The summed E-state index contributed by atoms with van der Waals surface area (Å²) in [7, 11) is 1.59. The molecule has 2 aromatic carbocycles. The number of nitrogens with zero attached hydrogens (tertiary/aromatic N) is 2. The third kappa shape index (κ3) is 3.87. The zero-order valence-electron chi connectivity index (χ0n) is 15.5. The van der Waals surface area contributed by atoms with Gasteiger partial charge in [0, 0.05) is 5.69 Å². The summed E-state index contributed by atoms with van der Waals surface area (Å²) in [5, 5.41) is 9.24. The van der Waals surface area contributed by atoms with Gasteiger partial charge in [-0.25, -0.2) is 0 Å². The van der Waals surface area contributed by atoms with Crippen molar-refractivity contribution in [2.45, 2.75) is 18.6 Å². The van der Waals surface area contributed by atoms with Crippen molar-refractivity contribution in [2.75, 3.05) is 12.0 Å². The van der Waals surface area contributed by atoms with E-state index in [9.17, 15) is 14.9 Å². The average Bonchev–Trinajstić information content (AvgIpc) is 2.98. The van der Waals surface area contributed by atoms with Gasteiger partial charge in [0.15, 0.2) is 0 Å². The van der Waals surface area contributed by atoms with Gasteiger partial charge in [0.1, 0.15) is 22.4 Å². The normalized spacial score (nSPS) is 18.0. The molecule has 1 fully saturated rings. The third-order valence-electron chi connectivity index (χ3n) is 4.36. The first kappa shape index (κ1) is 19.5. The predicted octanol–water partition coefficient (Wildman–Crippen LogP) is 2.92. The number of nitrogens with two attached hydrogens (primary N) is 1. The summed E-state index contributed by atoms with van der Waals surface area (Å²) in [6.07, 6.45) is 0.455. The lowest BCUT2D eigenvalue weighted by Crippen LogP contribution is -2.31. The van der Waals surface area contributed by atoms with E-state index in [0.29, 0.717) is 12.1 Å². The molecule has 0 bridgehead atoms. The molecule has 28 heavy (non-hydrogen) atoms. The first-order chi connectivity index (χ1) is 13.4. The summed E-state index contributed by atoms with van der Waals surface area (Å²) in [5.41, 5.74) is 7.70. The SMILES string of the molecule is COc1ccc(CC2S/C(=C(\C#N)C(N)=O)N(c3cccc(C)c3)C2=O)cc1. The number of primary amides is 1. The van der Waals surface area contributed by atoms with Crippen molar-refractivity contribution in [2.24, 2.45) is 5.73 Å². The molecule has 6 nitrogen and oxygen atoms in total. The number of carbonyl (C=O) groups is 2. The fourth-order valence-corrected chi connectivity index (χ4v) is 4.29. The van der Waals surface area contributed by atoms with E-state index in [1.165, 1.54) is 16.7 Å². The Kier molecular flexibility index (Phi) is 5.71. The molecule has 3 rings (SSSR count). The van der Waals surface area contributed by atoms with Crippen molar-refractivity contribution < 1.29 is 14.3 Å². The van der Waals surface area contributed by atoms with E-state index in [4.69, 9.17) is 10.5 Å². The summed E-state index contributed by atoms with van der Waals surface area (Å²) >= 11 is 1.19. The van der Waals surface area contributed by atoms with Crippen molar-refractivity contribution in [3.05, 3.63) is 70.3 Å². The maximum atomic E-state index is 13.2. The minimum atomic E-state index is -0.847. The van der Waals surface area contributed by atoms with Gasteiger partial charge < -0.3 is 10.5 Å². The molecule has 0 aromatic heterocycles. The Bertz CT molecular complexity index is 993. The van der Waals surface area contributed by atoms with Crippen LogP contribution in [0.2, 0.25) is 0 Å². The van der Waals surface area contributed by atoms with Crippen LogP contribution in [-0.2, 0) is 16.0 Å². The van der Waals surface area contributed by atoms with Crippen LogP contribution < -0.4 is 15.4 Å². The Morgan fingerprint density at radius 3 is 2.57 bits per heavy atom. The first-order valence-corrected chi connectivity index (χ1v) is 9.47. The minimum Gasteiger partial charge on any atom is -0.497 e. The molecule has 1 heterocycles. The number of amides is 2. The summed E-state index contributed by atoms with van der Waals surface area (Å²) in [5.74, 6) is -0.299. The Hall–Kier alpha value is -3.24. The Labute approximate surface area is 167 Å². The lowest BCUT2D eigenvalue weighted by molar-refractivity contribution is -0.117. The van der Waals surface area contributed by atoms with E-state index in [-0.39, 0.29) is 16.5 Å². The number of carbonyl (C=O) groups excluding carboxylic acids is 2. The molecule has 0 radical (unpaired) electrons. The van der Waals surface area contributed by atoms with Gasteiger partial charge in [-0.3, -0.25) is 14.5 Å². The van der Waals surface area contributed by atoms with Crippen LogP contribution in [0.5, 0.6) is 5.75 Å². The van der Waals surface area contributed by atoms with Crippen LogP contribution >= 0.6 is 11.8 Å². The Morgan fingerprint density at radius 2 is 2.00 bits per heavy atom. The lowest BCUT2D eigenvalue weighted by atomic mass is 10.1. The van der Waals surface area contributed by atoms with Gasteiger partial charge in [0.25, 0.3) is 5.91 Å². The monoisotopic (exact) mass is 393 g/mol. The smallest absolute Gasteiger partial charge is 0.262 e. The predicted molar refractivity (Wildman–Crippen MR) is 109 cm³/mol. The van der Waals surface area contributed by atoms with Gasteiger partial charge in [-0.2, -0.15) is 5.26 Å². The average molecular weight is 393 g/mol. The number of aryl methyl sites for hydroxylation is 1. The number of anilines is 1. The molecule has 2 N–H and O–H groups in total. The molecule has 0 saturated carbocycles. The highest BCUT2D eigenvalue weighted by atomic mass is 32.2. The molecular formula is C21H19N3O3S. The van der Waals surface area contributed by atoms with Crippen molar-refractivity contribution in [1.82, 2.24) is 0 Å². The van der Waals surface area contributed by atoms with Gasteiger partial charge in [-0.1, -0.05) is 36.0 Å². The standard InChI is InChI=1S/C21H19N3O3S/c1-13-4-3-5-15(10-13)24-20(26)18(28-21(24)17(12-22)19(23)25)11-14-6-8-16(27-2)9-7-14/h3-10,18H,11H2,1-2H3,(H2,23,25)/b21-17+. The summed E-state index contributed by atoms with van der Waals surface area (Å²) in [6, 6.07) is 16.7. The fourth-order valence-electron chi connectivity index (χ4n) is 2.98. The van der Waals surface area contributed by atoms with Crippen molar-refractivity contribution >= 4 is 29.3 Å². The fraction of sp³-hybridized carbons (Fsp3) is 0.190. The first-order valence-electron chi connectivity index (χ1n) is 8.59. The number of hydrogen-bond acceptors (Lipinski definition) is 5. The number of methoxy groups -OCH3 is 1. The highest BCUT2D eigenvalue weighted by molar-refractivity contribution is 8.05. The number of ether oxygens (including phenoxy) is 1. The summed E-state index contributed by atoms with van der Waals surface area (Å²) in [4.78, 5) is 26.4. The molecule has 1 unspecified atom stereocenters. The van der Waals surface area contributed by atoms with Crippen LogP contribution in [0.15, 0.2) is 59.1 Å². The molecule has 7 heteroatoms. The molecule has 2 amide bonds. The molecule has 1 aliphatic rings. The van der Waals surface area contributed by atoms with Crippen molar-refractivity contribution in [3.63, 3.8) is 0 Å². The van der Waals surface area contributed by atoms with Gasteiger partial charge in [-0.05, 0) is 48.7 Å². The van der Waals surface area contributed by atoms with E-state index in [0.717, 1.165) is 16.9 Å². The molecule has 2 aromatic rings. The maximum Gasteiger partial charge on any atom is 0.262 e. The van der Waals surface area contributed by atoms with Crippen LogP contribution in [0.25, 0.3) is 0 Å². The third-order valence-corrected chi connectivity index (χ3v) is 5.63. The van der Waals surface area contributed by atoms with E-state index in [1.54, 1.807) is 13.2 Å². The molecular weight excluding hydrogens is 374 g/mol. The van der Waals surface area contributed by atoms with Gasteiger partial charge in [0.2, 0.25) is 5.91 Å². The molecule has 1 aliphatic heterocycles. The van der Waals surface area contributed by atoms with E-state index in [1.807, 2.05) is 55.5 Å². The number of thioether (sulfide) groups is 1. The molecule has 1 saturated heterocycles. The quantitative estimate of drug-likeness (QED) is 0.622. The molecule has 0 aliphatic carbocycles. The van der Waals surface area contributed by atoms with E-state index in [2.05, 4.69) is 0 Å². The number of nitriles is 1. The second-order valence-electron chi connectivity index (χ2n) is 6.33. The maximum absolute atomic E-state index is 13.2. The molecule has 0 spiro atoms. The van der Waals surface area contributed by atoms with Gasteiger partial charge in [-0.15, -0.1) is 0 Å². The van der Waals surface area contributed by atoms with Crippen LogP contribution in [0.4, 0.5) is 5.69 Å². The van der Waals surface area contributed by atoms with Crippen molar-refractivity contribution in [1.29, 1.82) is 5.26 Å². The highest BCUT2D eigenvalue weighted by Gasteiger charge is 2.40. The van der Waals surface area contributed by atoms with E-state index >= 15 is 0 Å². The van der Waals surface area contributed by atoms with Crippen molar-refractivity contribution in [3.8, 4) is 11.8 Å². The summed E-state index contributed by atoms with van der Waals surface area (Å²) < 4.78 is 5.16. The zero-order valence-corrected chi connectivity index (χ0v) is 16.3. The molecule has 142 valence electrons. The van der Waals surface area contributed by atoms with E-state index < -0.39 is 11.2 Å². The number of hydrogen-bond donors (Lipinski definition) is 1. The zero-order chi connectivity index (χ0) is 20.3. The number of benzene rings is 2. The van der Waals surface area contributed by atoms with Gasteiger partial charge >= 0.3 is 0 Å². The van der Waals surface area contributed by atoms with Crippen LogP contribution in [0.1, 0.15) is 11.1 Å². The van der Waals surface area contributed by atoms with Crippen LogP contribution in [0.3, 0.4) is 0 Å². The highest BCUT2D eigenvalue weighted by Crippen LogP contribution is 2.42. The second-order valence-corrected chi connectivity index (χ2v) is 7.52. The molecule has 1 atom stereocenters. The lowest BCUT2D eigenvalue weighted by Gasteiger charge is -2.18.